The molecule has 1 fully saturated rings. The van der Waals surface area contributed by atoms with Crippen molar-refractivity contribution >= 4 is 24.2 Å². The van der Waals surface area contributed by atoms with Crippen LogP contribution in [-0.4, -0.2) is 50.6 Å². The summed E-state index contributed by atoms with van der Waals surface area (Å²) in [5.74, 6) is 1.03. The predicted octanol–water partition coefficient (Wildman–Crippen LogP) is 2.64. The molecule has 0 saturated carbocycles. The van der Waals surface area contributed by atoms with Gasteiger partial charge in [-0.2, -0.15) is 0 Å². The molecular formula is C15H22ClNO2S. The first kappa shape index (κ1) is 16.0. The highest BCUT2D eigenvalue weighted by Gasteiger charge is 2.36. The van der Waals surface area contributed by atoms with E-state index >= 15 is 0 Å². The molecule has 2 atom stereocenters. The van der Waals surface area contributed by atoms with Gasteiger partial charge in [0.05, 0.1) is 19.8 Å². The molecular weight excluding hydrogens is 294 g/mol. The molecule has 1 aromatic rings. The SMILES string of the molecule is COc1ccc(SC)c2c1C[C@@H]1[C@@H](C2)OCCN1C.Cl. The van der Waals surface area contributed by atoms with Crippen molar-refractivity contribution in [3.8, 4) is 5.75 Å². The molecule has 3 rings (SSSR count). The quantitative estimate of drug-likeness (QED) is 0.782. The van der Waals surface area contributed by atoms with E-state index in [1.54, 1.807) is 7.11 Å². The van der Waals surface area contributed by atoms with Gasteiger partial charge in [-0.25, -0.2) is 0 Å². The second-order valence-corrected chi connectivity index (χ2v) is 6.14. The van der Waals surface area contributed by atoms with Crippen LogP contribution in [0.5, 0.6) is 5.75 Å². The monoisotopic (exact) mass is 315 g/mol. The van der Waals surface area contributed by atoms with Gasteiger partial charge < -0.3 is 9.47 Å². The summed E-state index contributed by atoms with van der Waals surface area (Å²) in [4.78, 5) is 3.80. The number of thioether (sulfide) groups is 1. The van der Waals surface area contributed by atoms with E-state index in [0.717, 1.165) is 31.7 Å². The number of rotatable bonds is 2. The maximum Gasteiger partial charge on any atom is 0.122 e. The van der Waals surface area contributed by atoms with Gasteiger partial charge in [-0.1, -0.05) is 0 Å². The first-order valence-electron chi connectivity index (χ1n) is 6.79. The van der Waals surface area contributed by atoms with Gasteiger partial charge in [-0.3, -0.25) is 4.90 Å². The van der Waals surface area contributed by atoms with Crippen molar-refractivity contribution in [2.24, 2.45) is 0 Å². The van der Waals surface area contributed by atoms with Gasteiger partial charge >= 0.3 is 0 Å². The molecule has 1 aliphatic heterocycles. The number of halogens is 1. The Balaban J connectivity index is 0.00000147. The van der Waals surface area contributed by atoms with Crippen molar-refractivity contribution in [1.29, 1.82) is 0 Å². The molecule has 0 bridgehead atoms. The molecule has 0 aromatic heterocycles. The Bertz CT molecular complexity index is 483. The summed E-state index contributed by atoms with van der Waals surface area (Å²) in [5, 5.41) is 0. The van der Waals surface area contributed by atoms with Crippen LogP contribution in [0.2, 0.25) is 0 Å². The van der Waals surface area contributed by atoms with Gasteiger partial charge in [0.1, 0.15) is 5.75 Å². The van der Waals surface area contributed by atoms with Crippen LogP contribution in [0, 0.1) is 0 Å². The fraction of sp³-hybridized carbons (Fsp3) is 0.600. The zero-order chi connectivity index (χ0) is 13.4. The van der Waals surface area contributed by atoms with Gasteiger partial charge in [0, 0.05) is 29.5 Å². The maximum atomic E-state index is 5.99. The normalized spacial score (nSPS) is 25.4. The van der Waals surface area contributed by atoms with Crippen molar-refractivity contribution in [3.05, 3.63) is 23.3 Å². The third-order valence-corrected chi connectivity index (χ3v) is 5.20. The lowest BCUT2D eigenvalue weighted by Crippen LogP contribution is -2.53. The molecule has 112 valence electrons. The molecule has 20 heavy (non-hydrogen) atoms. The topological polar surface area (TPSA) is 21.7 Å². The Morgan fingerprint density at radius 2 is 2.10 bits per heavy atom. The standard InChI is InChI=1S/C15H21NO2S.ClH/c1-16-6-7-18-14-9-11-10(8-12(14)16)13(17-2)4-5-15(11)19-3;/h4-5,12,14H,6-9H2,1-3H3;1H/t12-,14-;/m1./s1. The number of ether oxygens (including phenoxy) is 2. The van der Waals surface area contributed by atoms with Crippen LogP contribution < -0.4 is 4.74 Å². The number of benzene rings is 1. The van der Waals surface area contributed by atoms with Crippen molar-refractivity contribution < 1.29 is 9.47 Å². The fourth-order valence-electron chi connectivity index (χ4n) is 3.28. The summed E-state index contributed by atoms with van der Waals surface area (Å²) in [6.45, 7) is 1.88. The van der Waals surface area contributed by atoms with E-state index < -0.39 is 0 Å². The van der Waals surface area contributed by atoms with E-state index in [4.69, 9.17) is 9.47 Å². The summed E-state index contributed by atoms with van der Waals surface area (Å²) >= 11 is 1.82. The fourth-order valence-corrected chi connectivity index (χ4v) is 3.94. The number of likely N-dealkylation sites (N-methyl/N-ethyl adjacent to an activating group) is 1. The molecule has 0 amide bonds. The zero-order valence-electron chi connectivity index (χ0n) is 12.2. The lowest BCUT2D eigenvalue weighted by molar-refractivity contribution is -0.0649. The number of morpholine rings is 1. The van der Waals surface area contributed by atoms with Crippen LogP contribution in [0.25, 0.3) is 0 Å². The van der Waals surface area contributed by atoms with Gasteiger partial charge in [0.15, 0.2) is 0 Å². The van der Waals surface area contributed by atoms with Crippen LogP contribution >= 0.6 is 24.2 Å². The maximum absolute atomic E-state index is 5.99. The average Bonchev–Trinajstić information content (AvgIpc) is 2.45. The Labute approximate surface area is 131 Å². The van der Waals surface area contributed by atoms with Crippen LogP contribution in [0.15, 0.2) is 17.0 Å². The predicted molar refractivity (Wildman–Crippen MR) is 85.6 cm³/mol. The molecule has 1 aromatic carbocycles. The highest BCUT2D eigenvalue weighted by molar-refractivity contribution is 7.98. The van der Waals surface area contributed by atoms with Gasteiger partial charge in [0.2, 0.25) is 0 Å². The molecule has 0 unspecified atom stereocenters. The Morgan fingerprint density at radius 3 is 2.80 bits per heavy atom. The number of fused-ring (bicyclic) bond motifs is 2. The lowest BCUT2D eigenvalue weighted by atomic mass is 9.84. The molecule has 2 aliphatic rings. The van der Waals surface area contributed by atoms with Gasteiger partial charge in [-0.15, -0.1) is 24.2 Å². The lowest BCUT2D eigenvalue weighted by Gasteiger charge is -2.43. The number of hydrogen-bond acceptors (Lipinski definition) is 4. The summed E-state index contributed by atoms with van der Waals surface area (Å²) in [6.07, 6.45) is 4.53. The molecule has 0 spiro atoms. The molecule has 3 nitrogen and oxygen atoms in total. The minimum absolute atomic E-state index is 0. The molecule has 1 saturated heterocycles. The van der Waals surface area contributed by atoms with E-state index in [0.29, 0.717) is 12.1 Å². The molecule has 0 N–H and O–H groups in total. The van der Waals surface area contributed by atoms with E-state index in [1.165, 1.54) is 16.0 Å². The first-order chi connectivity index (χ1) is 9.24. The van der Waals surface area contributed by atoms with Crippen molar-refractivity contribution in [3.63, 3.8) is 0 Å². The van der Waals surface area contributed by atoms with Gasteiger partial charge in [-0.05, 0) is 37.4 Å². The van der Waals surface area contributed by atoms with Crippen LogP contribution in [0.4, 0.5) is 0 Å². The summed E-state index contributed by atoms with van der Waals surface area (Å²) in [6, 6.07) is 4.77. The van der Waals surface area contributed by atoms with E-state index in [-0.39, 0.29) is 12.4 Å². The molecule has 1 aliphatic carbocycles. The molecule has 0 radical (unpaired) electrons. The third kappa shape index (κ3) is 2.67. The Morgan fingerprint density at radius 1 is 1.30 bits per heavy atom. The molecule has 5 heteroatoms. The minimum atomic E-state index is 0. The summed E-state index contributed by atoms with van der Waals surface area (Å²) < 4.78 is 11.5. The minimum Gasteiger partial charge on any atom is -0.496 e. The zero-order valence-corrected chi connectivity index (χ0v) is 13.9. The second-order valence-electron chi connectivity index (χ2n) is 5.29. The van der Waals surface area contributed by atoms with Crippen molar-refractivity contribution in [2.45, 2.75) is 29.9 Å². The highest BCUT2D eigenvalue weighted by Crippen LogP contribution is 2.38. The van der Waals surface area contributed by atoms with Crippen LogP contribution in [0.1, 0.15) is 11.1 Å². The van der Waals surface area contributed by atoms with E-state index in [1.807, 2.05) is 11.8 Å². The van der Waals surface area contributed by atoms with Gasteiger partial charge in [0.25, 0.3) is 0 Å². The third-order valence-electron chi connectivity index (χ3n) is 4.37. The van der Waals surface area contributed by atoms with Crippen LogP contribution in [-0.2, 0) is 17.6 Å². The average molecular weight is 316 g/mol. The number of nitrogens with zero attached hydrogens (tertiary/aromatic N) is 1. The highest BCUT2D eigenvalue weighted by atomic mass is 35.5. The molecule has 1 heterocycles. The summed E-state index contributed by atoms with van der Waals surface area (Å²) in [7, 11) is 3.97. The summed E-state index contributed by atoms with van der Waals surface area (Å²) in [5.41, 5.74) is 2.82. The number of hydrogen-bond donors (Lipinski definition) is 0. The first-order valence-corrected chi connectivity index (χ1v) is 8.01. The number of methoxy groups -OCH3 is 1. The van der Waals surface area contributed by atoms with E-state index in [2.05, 4.69) is 30.3 Å². The second kappa shape index (κ2) is 6.56. The largest absolute Gasteiger partial charge is 0.496 e. The van der Waals surface area contributed by atoms with Crippen molar-refractivity contribution in [1.82, 2.24) is 4.90 Å². The Kier molecular flexibility index (Phi) is 5.24. The van der Waals surface area contributed by atoms with Crippen LogP contribution in [0.3, 0.4) is 0 Å². The van der Waals surface area contributed by atoms with Crippen molar-refractivity contribution in [2.75, 3.05) is 33.6 Å². The van der Waals surface area contributed by atoms with E-state index in [9.17, 15) is 0 Å². The smallest absolute Gasteiger partial charge is 0.122 e. The Hall–Kier alpha value is -0.420.